The number of H-pyrrole nitrogens is 1. The number of nitrogens with two attached hydrogens (primary N) is 1. The summed E-state index contributed by atoms with van der Waals surface area (Å²) in [6.45, 7) is 3.29. The molecule has 0 fully saturated rings. The van der Waals surface area contributed by atoms with E-state index in [0.717, 1.165) is 22.0 Å². The number of aryl methyl sites for hydroxylation is 2. The van der Waals surface area contributed by atoms with Gasteiger partial charge in [0.25, 0.3) is 5.56 Å². The van der Waals surface area contributed by atoms with Crippen LogP contribution in [0, 0.1) is 0 Å². The van der Waals surface area contributed by atoms with Gasteiger partial charge in [-0.05, 0) is 37.1 Å². The summed E-state index contributed by atoms with van der Waals surface area (Å²) in [4.78, 5) is 20.1. The quantitative estimate of drug-likeness (QED) is 0.470. The lowest BCUT2D eigenvalue weighted by molar-refractivity contribution is 0.126. The number of aromatic amines is 1. The van der Waals surface area contributed by atoms with Crippen LogP contribution in [0.1, 0.15) is 18.3 Å². The van der Waals surface area contributed by atoms with Crippen molar-refractivity contribution >= 4 is 32.0 Å². The van der Waals surface area contributed by atoms with Gasteiger partial charge in [-0.25, -0.2) is 18.5 Å². The Morgan fingerprint density at radius 3 is 2.57 bits per heavy atom. The smallest absolute Gasteiger partial charge is 0.276 e. The van der Waals surface area contributed by atoms with E-state index in [1.54, 1.807) is 12.1 Å². The highest BCUT2D eigenvalue weighted by Crippen LogP contribution is 2.23. The van der Waals surface area contributed by atoms with Crippen LogP contribution in [0.3, 0.4) is 0 Å². The van der Waals surface area contributed by atoms with Gasteiger partial charge in [0.15, 0.2) is 5.52 Å². The maximum absolute atomic E-state index is 12.6. The van der Waals surface area contributed by atoms with E-state index in [2.05, 4.69) is 9.97 Å². The molecule has 0 radical (unpaired) electrons. The van der Waals surface area contributed by atoms with Crippen molar-refractivity contribution in [1.29, 1.82) is 0 Å². The van der Waals surface area contributed by atoms with Crippen molar-refractivity contribution in [3.8, 4) is 0 Å². The number of para-hydroxylation sites is 1. The molecule has 0 aliphatic carbocycles. The standard InChI is InChI=1S/C21H22N4O4S/c1-2-29-13-18-24-19-20(16-5-3-4-6-17(16)23-21(19)26)25(18)12-11-14-7-9-15(10-8-14)30(22,27)28/h3-10H,2,11-13H2,1H3,(H,23,26)(H2,22,27,28). The number of primary sulfonamides is 1. The molecule has 2 aromatic carbocycles. The van der Waals surface area contributed by atoms with Crippen LogP contribution < -0.4 is 10.7 Å². The number of pyridine rings is 1. The molecule has 2 heterocycles. The largest absolute Gasteiger partial charge is 0.374 e. The Bertz CT molecular complexity index is 1370. The third-order valence-electron chi connectivity index (χ3n) is 5.00. The Balaban J connectivity index is 1.77. The minimum absolute atomic E-state index is 0.0777. The van der Waals surface area contributed by atoms with Gasteiger partial charge >= 0.3 is 0 Å². The fourth-order valence-corrected chi connectivity index (χ4v) is 4.06. The van der Waals surface area contributed by atoms with E-state index >= 15 is 0 Å². The van der Waals surface area contributed by atoms with E-state index in [0.29, 0.717) is 37.5 Å². The zero-order chi connectivity index (χ0) is 21.3. The second kappa shape index (κ2) is 8.02. The van der Waals surface area contributed by atoms with Crippen molar-refractivity contribution in [1.82, 2.24) is 14.5 Å². The van der Waals surface area contributed by atoms with Crippen LogP contribution >= 0.6 is 0 Å². The molecule has 0 saturated heterocycles. The van der Waals surface area contributed by atoms with Crippen LogP contribution in [0.15, 0.2) is 58.2 Å². The molecule has 3 N–H and O–H groups in total. The van der Waals surface area contributed by atoms with Gasteiger partial charge in [-0.2, -0.15) is 0 Å². The van der Waals surface area contributed by atoms with E-state index < -0.39 is 10.0 Å². The van der Waals surface area contributed by atoms with Crippen molar-refractivity contribution in [3.05, 3.63) is 70.3 Å². The molecule has 0 atom stereocenters. The Morgan fingerprint density at radius 1 is 1.13 bits per heavy atom. The molecule has 0 aliphatic rings. The van der Waals surface area contributed by atoms with Crippen molar-refractivity contribution in [3.63, 3.8) is 0 Å². The van der Waals surface area contributed by atoms with Crippen LogP contribution in [0.2, 0.25) is 0 Å². The van der Waals surface area contributed by atoms with Gasteiger partial charge in [0.1, 0.15) is 12.4 Å². The zero-order valence-electron chi connectivity index (χ0n) is 16.5. The van der Waals surface area contributed by atoms with Crippen LogP contribution in [0.25, 0.3) is 21.9 Å². The Hall–Kier alpha value is -3.01. The lowest BCUT2D eigenvalue weighted by Gasteiger charge is -2.11. The lowest BCUT2D eigenvalue weighted by atomic mass is 10.1. The number of ether oxygens (including phenoxy) is 1. The first kappa shape index (κ1) is 20.3. The minimum atomic E-state index is -3.72. The Labute approximate surface area is 173 Å². The highest BCUT2D eigenvalue weighted by atomic mass is 32.2. The molecule has 0 aliphatic heterocycles. The van der Waals surface area contributed by atoms with Crippen LogP contribution in [-0.2, 0) is 34.3 Å². The lowest BCUT2D eigenvalue weighted by Crippen LogP contribution is -2.12. The fraction of sp³-hybridized carbons (Fsp3) is 0.238. The fourth-order valence-electron chi connectivity index (χ4n) is 3.54. The molecule has 4 aromatic rings. The number of imidazole rings is 1. The van der Waals surface area contributed by atoms with E-state index in [1.165, 1.54) is 12.1 Å². The number of fused-ring (bicyclic) bond motifs is 3. The molecular formula is C21H22N4O4S. The molecule has 0 spiro atoms. The van der Waals surface area contributed by atoms with Crippen molar-refractivity contribution in [2.75, 3.05) is 6.61 Å². The molecule has 0 unspecified atom stereocenters. The number of hydrogen-bond acceptors (Lipinski definition) is 5. The van der Waals surface area contributed by atoms with Gasteiger partial charge in [-0.15, -0.1) is 0 Å². The number of benzene rings is 2. The number of rotatable bonds is 7. The van der Waals surface area contributed by atoms with Crippen LogP contribution in [-0.4, -0.2) is 29.6 Å². The van der Waals surface area contributed by atoms with E-state index in [-0.39, 0.29) is 10.5 Å². The van der Waals surface area contributed by atoms with Crippen molar-refractivity contribution in [2.24, 2.45) is 5.14 Å². The summed E-state index contributed by atoms with van der Waals surface area (Å²) in [6.07, 6.45) is 0.622. The molecule has 2 aromatic heterocycles. The first-order chi connectivity index (χ1) is 14.4. The van der Waals surface area contributed by atoms with Gasteiger partial charge in [-0.3, -0.25) is 4.79 Å². The number of nitrogens with one attached hydrogen (secondary N) is 1. The second-order valence-corrected chi connectivity index (χ2v) is 8.51. The van der Waals surface area contributed by atoms with E-state index in [4.69, 9.17) is 9.88 Å². The summed E-state index contributed by atoms with van der Waals surface area (Å²) in [5.41, 5.74) is 2.60. The predicted molar refractivity (Wildman–Crippen MR) is 115 cm³/mol. The topological polar surface area (TPSA) is 120 Å². The first-order valence-electron chi connectivity index (χ1n) is 9.58. The van der Waals surface area contributed by atoms with E-state index in [9.17, 15) is 13.2 Å². The van der Waals surface area contributed by atoms with Gasteiger partial charge in [0.05, 0.1) is 15.9 Å². The third-order valence-corrected chi connectivity index (χ3v) is 5.93. The average Bonchev–Trinajstić information content (AvgIpc) is 3.10. The zero-order valence-corrected chi connectivity index (χ0v) is 17.3. The first-order valence-corrected chi connectivity index (χ1v) is 11.1. The van der Waals surface area contributed by atoms with Gasteiger partial charge in [-0.1, -0.05) is 30.3 Å². The molecule has 156 valence electrons. The summed E-state index contributed by atoms with van der Waals surface area (Å²) in [5, 5.41) is 6.08. The molecular weight excluding hydrogens is 404 g/mol. The Kier molecular flexibility index (Phi) is 5.42. The summed E-state index contributed by atoms with van der Waals surface area (Å²) < 4.78 is 30.5. The van der Waals surface area contributed by atoms with Crippen molar-refractivity contribution in [2.45, 2.75) is 31.4 Å². The molecule has 0 saturated carbocycles. The number of sulfonamides is 1. The molecule has 4 rings (SSSR count). The van der Waals surface area contributed by atoms with Gasteiger partial charge in [0, 0.05) is 18.5 Å². The summed E-state index contributed by atoms with van der Waals surface area (Å²) in [6, 6.07) is 14.1. The third kappa shape index (κ3) is 3.87. The number of nitrogens with zero attached hydrogens (tertiary/aromatic N) is 2. The van der Waals surface area contributed by atoms with Crippen LogP contribution in [0.4, 0.5) is 0 Å². The summed E-state index contributed by atoms with van der Waals surface area (Å²) in [5.74, 6) is 0.676. The molecule has 30 heavy (non-hydrogen) atoms. The second-order valence-electron chi connectivity index (χ2n) is 6.95. The minimum Gasteiger partial charge on any atom is -0.374 e. The summed E-state index contributed by atoms with van der Waals surface area (Å²) >= 11 is 0. The normalized spacial score (nSPS) is 12.1. The average molecular weight is 426 g/mol. The highest BCUT2D eigenvalue weighted by Gasteiger charge is 2.17. The van der Waals surface area contributed by atoms with Crippen LogP contribution in [0.5, 0.6) is 0 Å². The molecule has 8 nitrogen and oxygen atoms in total. The molecule has 0 bridgehead atoms. The number of hydrogen-bond donors (Lipinski definition) is 2. The van der Waals surface area contributed by atoms with Gasteiger partial charge < -0.3 is 14.3 Å². The van der Waals surface area contributed by atoms with Gasteiger partial charge in [0.2, 0.25) is 10.0 Å². The molecule has 0 amide bonds. The Morgan fingerprint density at radius 2 is 1.87 bits per heavy atom. The molecule has 9 heteroatoms. The number of aromatic nitrogens is 3. The maximum Gasteiger partial charge on any atom is 0.276 e. The van der Waals surface area contributed by atoms with E-state index in [1.807, 2.05) is 35.8 Å². The maximum atomic E-state index is 12.6. The monoisotopic (exact) mass is 426 g/mol. The highest BCUT2D eigenvalue weighted by molar-refractivity contribution is 7.89. The predicted octanol–water partition coefficient (Wildman–Crippen LogP) is 2.30. The SMILES string of the molecule is CCOCc1nc2c(=O)[nH]c3ccccc3c2n1CCc1ccc(S(N)(=O)=O)cc1. The summed E-state index contributed by atoms with van der Waals surface area (Å²) in [7, 11) is -3.72. The van der Waals surface area contributed by atoms with Crippen molar-refractivity contribution < 1.29 is 13.2 Å².